The van der Waals surface area contributed by atoms with Crippen LogP contribution in [0, 0.1) is 28.6 Å². The first-order valence-corrected chi connectivity index (χ1v) is 6.63. The summed E-state index contributed by atoms with van der Waals surface area (Å²) in [5.74, 6) is 2.92. The lowest BCUT2D eigenvalue weighted by molar-refractivity contribution is -0.138. The summed E-state index contributed by atoms with van der Waals surface area (Å²) in [6, 6.07) is 0. The summed E-state index contributed by atoms with van der Waals surface area (Å²) in [7, 11) is 0. The molecule has 4 atom stereocenters. The highest BCUT2D eigenvalue weighted by Gasteiger charge is 2.64. The maximum Gasteiger partial charge on any atom is -0.0113 e. The maximum absolute atomic E-state index is 2.57. The Morgan fingerprint density at radius 2 is 1.93 bits per heavy atom. The van der Waals surface area contributed by atoms with Gasteiger partial charge in [-0.2, -0.15) is 0 Å². The van der Waals surface area contributed by atoms with Gasteiger partial charge in [0.05, 0.1) is 0 Å². The highest BCUT2D eigenvalue weighted by molar-refractivity contribution is 5.28. The van der Waals surface area contributed by atoms with Crippen LogP contribution >= 0.6 is 0 Å². The lowest BCUT2D eigenvalue weighted by Crippen LogP contribution is -2.60. The Hall–Kier alpha value is -0.260. The van der Waals surface area contributed by atoms with E-state index in [-0.39, 0.29) is 0 Å². The number of hydrogen-bond acceptors (Lipinski definition) is 0. The Balaban J connectivity index is 2.06. The highest BCUT2D eigenvalue weighted by atomic mass is 14.7. The van der Waals surface area contributed by atoms with E-state index in [1.165, 1.54) is 25.7 Å². The Morgan fingerprint density at radius 1 is 1.20 bits per heavy atom. The van der Waals surface area contributed by atoms with Crippen LogP contribution in [0.25, 0.3) is 0 Å². The van der Waals surface area contributed by atoms with Gasteiger partial charge in [-0.25, -0.2) is 0 Å². The Bertz CT molecular complexity index is 323. The molecule has 0 aliphatic heterocycles. The zero-order chi connectivity index (χ0) is 10.8. The first-order valence-electron chi connectivity index (χ1n) is 6.63. The van der Waals surface area contributed by atoms with Gasteiger partial charge in [-0.3, -0.25) is 0 Å². The second-order valence-corrected chi connectivity index (χ2v) is 7.14. The first-order chi connectivity index (χ1) is 6.97. The maximum atomic E-state index is 2.57. The Kier molecular flexibility index (Phi) is 1.79. The third-order valence-electron chi connectivity index (χ3n) is 5.97. The zero-order valence-electron chi connectivity index (χ0n) is 10.6. The average Bonchev–Trinajstić information content (AvgIpc) is 2.30. The van der Waals surface area contributed by atoms with Gasteiger partial charge >= 0.3 is 0 Å². The summed E-state index contributed by atoms with van der Waals surface area (Å²) in [6.07, 6.45) is 8.28. The van der Waals surface area contributed by atoms with Crippen molar-refractivity contribution in [1.82, 2.24) is 0 Å². The monoisotopic (exact) mass is 204 g/mol. The van der Waals surface area contributed by atoms with Crippen molar-refractivity contribution < 1.29 is 0 Å². The first kappa shape index (κ1) is 9.93. The van der Waals surface area contributed by atoms with Crippen molar-refractivity contribution >= 4 is 0 Å². The van der Waals surface area contributed by atoms with Crippen molar-refractivity contribution in [1.29, 1.82) is 0 Å². The van der Waals surface area contributed by atoms with Crippen LogP contribution in [0.15, 0.2) is 11.6 Å². The molecule has 0 radical (unpaired) electrons. The zero-order valence-corrected chi connectivity index (χ0v) is 10.6. The predicted molar refractivity (Wildman–Crippen MR) is 64.6 cm³/mol. The minimum absolute atomic E-state index is 0.598. The van der Waals surface area contributed by atoms with Gasteiger partial charge in [0.1, 0.15) is 0 Å². The third-order valence-corrected chi connectivity index (χ3v) is 5.97. The van der Waals surface area contributed by atoms with Gasteiger partial charge in [-0.15, -0.1) is 0 Å². The summed E-state index contributed by atoms with van der Waals surface area (Å²) < 4.78 is 0. The van der Waals surface area contributed by atoms with Crippen molar-refractivity contribution in [2.75, 3.05) is 0 Å². The Morgan fingerprint density at radius 3 is 2.60 bits per heavy atom. The van der Waals surface area contributed by atoms with Gasteiger partial charge in [-0.05, 0) is 54.8 Å². The fourth-order valence-corrected chi connectivity index (χ4v) is 5.25. The summed E-state index contributed by atoms with van der Waals surface area (Å²) in [6.45, 7) is 9.98. The molecule has 4 rings (SSSR count). The van der Waals surface area contributed by atoms with Crippen LogP contribution in [0.2, 0.25) is 0 Å². The lowest BCUT2D eigenvalue weighted by atomic mass is 9.38. The van der Waals surface area contributed by atoms with Crippen LogP contribution in [0.4, 0.5) is 0 Å². The second kappa shape index (κ2) is 2.70. The quantitative estimate of drug-likeness (QED) is 0.513. The molecule has 0 aromatic rings. The molecule has 0 amide bonds. The molecule has 4 bridgehead atoms. The van der Waals surface area contributed by atoms with E-state index in [9.17, 15) is 0 Å². The molecule has 0 saturated heterocycles. The van der Waals surface area contributed by atoms with E-state index in [2.05, 4.69) is 33.8 Å². The van der Waals surface area contributed by atoms with Crippen LogP contribution in [-0.2, 0) is 0 Å². The van der Waals surface area contributed by atoms with E-state index in [0.717, 1.165) is 17.8 Å². The predicted octanol–water partition coefficient (Wildman–Crippen LogP) is 4.42. The van der Waals surface area contributed by atoms with Gasteiger partial charge in [0.15, 0.2) is 0 Å². The summed E-state index contributed by atoms with van der Waals surface area (Å²) in [5, 5.41) is 0. The standard InChI is InChI=1S/C15H24/c1-10-6-7-11-13-12(10)15(11,4)9-5-8-14(13,2)3/h6,11-13H,5,7-9H2,1-4H3/t11-,12+,13-,15+/m0/s1. The van der Waals surface area contributed by atoms with Crippen LogP contribution in [0.5, 0.6) is 0 Å². The molecule has 0 aromatic carbocycles. The minimum atomic E-state index is 0.598. The minimum Gasteiger partial charge on any atom is -0.0850 e. The van der Waals surface area contributed by atoms with Crippen LogP contribution in [-0.4, -0.2) is 0 Å². The smallest absolute Gasteiger partial charge is 0.0113 e. The number of hydrogen-bond donors (Lipinski definition) is 0. The average molecular weight is 204 g/mol. The van der Waals surface area contributed by atoms with E-state index >= 15 is 0 Å². The van der Waals surface area contributed by atoms with E-state index in [1.54, 1.807) is 5.57 Å². The van der Waals surface area contributed by atoms with Gasteiger partial charge in [0, 0.05) is 0 Å². The van der Waals surface area contributed by atoms with Gasteiger partial charge in [0.2, 0.25) is 0 Å². The molecule has 4 aliphatic rings. The van der Waals surface area contributed by atoms with Crippen molar-refractivity contribution in [2.24, 2.45) is 28.6 Å². The molecule has 0 heteroatoms. The molecule has 0 unspecified atom stereocenters. The molecular formula is C15H24. The molecular weight excluding hydrogens is 180 g/mol. The molecule has 2 saturated carbocycles. The fraction of sp³-hybridized carbons (Fsp3) is 0.867. The lowest BCUT2D eigenvalue weighted by Gasteiger charge is -2.66. The molecule has 15 heavy (non-hydrogen) atoms. The van der Waals surface area contributed by atoms with Crippen molar-refractivity contribution in [3.63, 3.8) is 0 Å². The van der Waals surface area contributed by atoms with E-state index in [4.69, 9.17) is 0 Å². The van der Waals surface area contributed by atoms with Crippen molar-refractivity contribution in [2.45, 2.75) is 53.4 Å². The van der Waals surface area contributed by atoms with Gasteiger partial charge < -0.3 is 0 Å². The van der Waals surface area contributed by atoms with E-state index in [0.29, 0.717) is 10.8 Å². The molecule has 0 spiro atoms. The summed E-state index contributed by atoms with van der Waals surface area (Å²) >= 11 is 0. The normalized spacial score (nSPS) is 51.5. The van der Waals surface area contributed by atoms with Gasteiger partial charge in [-0.1, -0.05) is 38.8 Å². The Labute approximate surface area is 94.1 Å². The number of allylic oxidation sites excluding steroid dienone is 2. The van der Waals surface area contributed by atoms with Gasteiger partial charge in [0.25, 0.3) is 0 Å². The molecule has 84 valence electrons. The van der Waals surface area contributed by atoms with Crippen LogP contribution in [0.3, 0.4) is 0 Å². The SMILES string of the molecule is CC1=CC[C@H]2[C@H]3[C@@H]1[C@]2(C)CCCC3(C)C. The highest BCUT2D eigenvalue weighted by Crippen LogP contribution is 2.72. The topological polar surface area (TPSA) is 0 Å². The molecule has 0 aromatic heterocycles. The summed E-state index contributed by atoms with van der Waals surface area (Å²) in [4.78, 5) is 0. The second-order valence-electron chi connectivity index (χ2n) is 7.14. The molecule has 0 nitrogen and oxygen atoms in total. The molecule has 4 aliphatic carbocycles. The molecule has 2 fully saturated rings. The number of rotatable bonds is 0. The molecule has 0 heterocycles. The summed E-state index contributed by atoms with van der Waals surface area (Å²) in [5.41, 5.74) is 2.98. The fourth-order valence-electron chi connectivity index (χ4n) is 5.25. The van der Waals surface area contributed by atoms with E-state index < -0.39 is 0 Å². The van der Waals surface area contributed by atoms with Crippen LogP contribution in [0.1, 0.15) is 53.4 Å². The number of fused-ring (bicyclic) bond motifs is 1. The van der Waals surface area contributed by atoms with Crippen LogP contribution < -0.4 is 0 Å². The van der Waals surface area contributed by atoms with E-state index in [1.807, 2.05) is 0 Å². The van der Waals surface area contributed by atoms with Crippen molar-refractivity contribution in [3.05, 3.63) is 11.6 Å². The largest absolute Gasteiger partial charge is 0.0850 e. The third kappa shape index (κ3) is 1.04. The molecule has 0 N–H and O–H groups in total. The van der Waals surface area contributed by atoms with Crippen molar-refractivity contribution in [3.8, 4) is 0 Å².